The molecule has 0 aromatic heterocycles. The van der Waals surface area contributed by atoms with E-state index in [1.165, 1.54) is 12.8 Å². The average Bonchev–Trinajstić information content (AvgIpc) is 3.39. The predicted octanol–water partition coefficient (Wildman–Crippen LogP) is 1.59. The third kappa shape index (κ3) is 5.22. The maximum absolute atomic E-state index is 12.1. The van der Waals surface area contributed by atoms with E-state index in [1.54, 1.807) is 24.3 Å². The number of phenols is 1. The minimum absolute atomic E-state index is 0.0546. The summed E-state index contributed by atoms with van der Waals surface area (Å²) >= 11 is 0. The summed E-state index contributed by atoms with van der Waals surface area (Å²) in [6, 6.07) is 7.19. The smallest absolute Gasteiger partial charge is 0.251 e. The molecule has 3 N–H and O–H groups in total. The van der Waals surface area contributed by atoms with Crippen LogP contribution < -0.4 is 10.6 Å². The van der Waals surface area contributed by atoms with Crippen molar-refractivity contribution < 1.29 is 9.90 Å². The molecule has 1 aromatic rings. The summed E-state index contributed by atoms with van der Waals surface area (Å²) in [5, 5.41) is 15.8. The van der Waals surface area contributed by atoms with Gasteiger partial charge in [-0.1, -0.05) is 0 Å². The van der Waals surface area contributed by atoms with Crippen LogP contribution in [0.3, 0.4) is 0 Å². The first-order chi connectivity index (χ1) is 11.2. The number of phenolic OH excluding ortho intramolecular Hbond substituents is 1. The van der Waals surface area contributed by atoms with Gasteiger partial charge in [-0.15, -0.1) is 0 Å². The van der Waals surface area contributed by atoms with Crippen molar-refractivity contribution in [2.75, 3.05) is 32.7 Å². The summed E-state index contributed by atoms with van der Waals surface area (Å²) in [6.07, 6.45) is 5.00. The van der Waals surface area contributed by atoms with Crippen molar-refractivity contribution in [1.82, 2.24) is 15.5 Å². The monoisotopic (exact) mass is 317 g/mol. The van der Waals surface area contributed by atoms with E-state index in [0.717, 1.165) is 51.6 Å². The average molecular weight is 317 g/mol. The molecular weight excluding hydrogens is 290 g/mol. The number of carbonyl (C=O) groups is 1. The summed E-state index contributed by atoms with van der Waals surface area (Å²) < 4.78 is 0. The van der Waals surface area contributed by atoms with E-state index >= 15 is 0 Å². The van der Waals surface area contributed by atoms with Gasteiger partial charge in [0.25, 0.3) is 5.91 Å². The van der Waals surface area contributed by atoms with Crippen LogP contribution in [0.2, 0.25) is 0 Å². The normalized spacial score (nSPS) is 19.7. The zero-order valence-corrected chi connectivity index (χ0v) is 13.6. The first-order valence-electron chi connectivity index (χ1n) is 8.73. The van der Waals surface area contributed by atoms with E-state index in [2.05, 4.69) is 15.5 Å². The van der Waals surface area contributed by atoms with Gasteiger partial charge < -0.3 is 20.6 Å². The van der Waals surface area contributed by atoms with Crippen LogP contribution in [0.4, 0.5) is 0 Å². The lowest BCUT2D eigenvalue weighted by Gasteiger charge is -2.32. The molecule has 126 valence electrons. The molecule has 3 rings (SSSR count). The fourth-order valence-corrected chi connectivity index (χ4v) is 3.08. The zero-order chi connectivity index (χ0) is 16.1. The van der Waals surface area contributed by atoms with Gasteiger partial charge in [0.2, 0.25) is 0 Å². The quantitative estimate of drug-likeness (QED) is 0.714. The Labute approximate surface area is 138 Å². The van der Waals surface area contributed by atoms with E-state index in [-0.39, 0.29) is 11.7 Å². The maximum Gasteiger partial charge on any atom is 0.251 e. The fraction of sp³-hybridized carbons (Fsp3) is 0.611. The Morgan fingerprint density at radius 3 is 2.48 bits per heavy atom. The molecule has 0 spiro atoms. The molecule has 0 unspecified atom stereocenters. The molecule has 2 aliphatic rings. The Bertz CT molecular complexity index is 506. The van der Waals surface area contributed by atoms with Crippen molar-refractivity contribution in [3.05, 3.63) is 29.8 Å². The van der Waals surface area contributed by atoms with Gasteiger partial charge in [0.1, 0.15) is 5.75 Å². The highest BCUT2D eigenvalue weighted by atomic mass is 16.3. The van der Waals surface area contributed by atoms with E-state index < -0.39 is 0 Å². The van der Waals surface area contributed by atoms with Crippen LogP contribution in [-0.4, -0.2) is 54.7 Å². The highest BCUT2D eigenvalue weighted by molar-refractivity contribution is 5.94. The topological polar surface area (TPSA) is 64.6 Å². The molecule has 5 heteroatoms. The van der Waals surface area contributed by atoms with Crippen molar-refractivity contribution in [3.8, 4) is 5.75 Å². The summed E-state index contributed by atoms with van der Waals surface area (Å²) in [4.78, 5) is 14.6. The number of likely N-dealkylation sites (tertiary alicyclic amines) is 1. The summed E-state index contributed by atoms with van der Waals surface area (Å²) in [7, 11) is 0. The third-order valence-electron chi connectivity index (χ3n) is 4.83. The highest BCUT2D eigenvalue weighted by Gasteiger charge is 2.22. The number of amides is 1. The molecule has 5 nitrogen and oxygen atoms in total. The molecule has 23 heavy (non-hydrogen) atoms. The molecule has 1 saturated heterocycles. The Morgan fingerprint density at radius 1 is 1.13 bits per heavy atom. The van der Waals surface area contributed by atoms with E-state index in [4.69, 9.17) is 0 Å². The number of nitrogens with zero attached hydrogens (tertiary/aromatic N) is 1. The van der Waals surface area contributed by atoms with Crippen molar-refractivity contribution in [2.45, 2.75) is 31.7 Å². The molecule has 0 atom stereocenters. The molecule has 0 radical (unpaired) electrons. The second kappa shape index (κ2) is 7.79. The molecule has 0 bridgehead atoms. The molecule has 1 aliphatic carbocycles. The molecule has 1 amide bonds. The lowest BCUT2D eigenvalue weighted by Crippen LogP contribution is -2.41. The number of nitrogens with one attached hydrogen (secondary N) is 2. The first kappa shape index (κ1) is 16.3. The van der Waals surface area contributed by atoms with Gasteiger partial charge in [0.05, 0.1) is 0 Å². The van der Waals surface area contributed by atoms with Crippen molar-refractivity contribution >= 4 is 5.91 Å². The van der Waals surface area contributed by atoms with Crippen LogP contribution in [0.25, 0.3) is 0 Å². The van der Waals surface area contributed by atoms with Gasteiger partial charge in [-0.05, 0) is 69.0 Å². The summed E-state index contributed by atoms with van der Waals surface area (Å²) in [5.41, 5.74) is 0.603. The number of carbonyl (C=O) groups excluding carboxylic acids is 1. The second-order valence-corrected chi connectivity index (χ2v) is 6.77. The van der Waals surface area contributed by atoms with Gasteiger partial charge in [0, 0.05) is 31.2 Å². The Hall–Kier alpha value is -1.59. The minimum Gasteiger partial charge on any atom is -0.508 e. The first-order valence-corrected chi connectivity index (χ1v) is 8.73. The van der Waals surface area contributed by atoms with E-state index in [9.17, 15) is 9.90 Å². The zero-order valence-electron chi connectivity index (χ0n) is 13.6. The van der Waals surface area contributed by atoms with E-state index in [0.29, 0.717) is 11.5 Å². The van der Waals surface area contributed by atoms with Gasteiger partial charge in [-0.25, -0.2) is 0 Å². The highest BCUT2D eigenvalue weighted by Crippen LogP contribution is 2.19. The number of rotatable bonds is 7. The van der Waals surface area contributed by atoms with Crippen LogP contribution in [0.15, 0.2) is 24.3 Å². The van der Waals surface area contributed by atoms with Crippen molar-refractivity contribution in [1.29, 1.82) is 0 Å². The van der Waals surface area contributed by atoms with Crippen LogP contribution in [0.5, 0.6) is 5.75 Å². The number of benzene rings is 1. The minimum atomic E-state index is -0.0546. The number of piperidine rings is 1. The maximum atomic E-state index is 12.1. The summed E-state index contributed by atoms with van der Waals surface area (Å²) in [6.45, 7) is 5.25. The van der Waals surface area contributed by atoms with Gasteiger partial charge in [0.15, 0.2) is 0 Å². The van der Waals surface area contributed by atoms with Crippen LogP contribution >= 0.6 is 0 Å². The van der Waals surface area contributed by atoms with Gasteiger partial charge >= 0.3 is 0 Å². The molecule has 2 fully saturated rings. The Balaban J connectivity index is 1.32. The lowest BCUT2D eigenvalue weighted by atomic mass is 9.96. The SMILES string of the molecule is O=C(NCC1CCN(CCNC2CC2)CC1)c1ccc(O)cc1. The van der Waals surface area contributed by atoms with Crippen molar-refractivity contribution in [2.24, 2.45) is 5.92 Å². The molecule has 1 heterocycles. The van der Waals surface area contributed by atoms with E-state index in [1.807, 2.05) is 0 Å². The van der Waals surface area contributed by atoms with Crippen LogP contribution in [0, 0.1) is 5.92 Å². The largest absolute Gasteiger partial charge is 0.508 e. The molecule has 1 aliphatic heterocycles. The number of hydrogen-bond acceptors (Lipinski definition) is 4. The number of aromatic hydroxyl groups is 1. The Kier molecular flexibility index (Phi) is 5.51. The van der Waals surface area contributed by atoms with Gasteiger partial charge in [-0.3, -0.25) is 4.79 Å². The molecule has 1 aromatic carbocycles. The molecular formula is C18H27N3O2. The number of hydrogen-bond donors (Lipinski definition) is 3. The third-order valence-corrected chi connectivity index (χ3v) is 4.83. The van der Waals surface area contributed by atoms with Crippen LogP contribution in [0.1, 0.15) is 36.0 Å². The fourth-order valence-electron chi connectivity index (χ4n) is 3.08. The van der Waals surface area contributed by atoms with Crippen LogP contribution in [-0.2, 0) is 0 Å². The Morgan fingerprint density at radius 2 is 1.83 bits per heavy atom. The summed E-state index contributed by atoms with van der Waals surface area (Å²) in [5.74, 6) is 0.704. The molecule has 1 saturated carbocycles. The standard InChI is InChI=1S/C18H27N3O2/c22-17-5-1-15(2-6-17)18(23)20-13-14-7-10-21(11-8-14)12-9-19-16-3-4-16/h1-2,5-6,14,16,19,22H,3-4,7-13H2,(H,20,23). The second-order valence-electron chi connectivity index (χ2n) is 6.77. The van der Waals surface area contributed by atoms with Gasteiger partial charge in [-0.2, -0.15) is 0 Å². The van der Waals surface area contributed by atoms with Crippen molar-refractivity contribution in [3.63, 3.8) is 0 Å². The predicted molar refractivity (Wildman–Crippen MR) is 90.6 cm³/mol. The lowest BCUT2D eigenvalue weighted by molar-refractivity contribution is 0.0936.